The zero-order chi connectivity index (χ0) is 24.7. The van der Waals surface area contributed by atoms with Gasteiger partial charge in [0.1, 0.15) is 12.3 Å². The van der Waals surface area contributed by atoms with Gasteiger partial charge in [0.2, 0.25) is 5.88 Å². The van der Waals surface area contributed by atoms with E-state index in [4.69, 9.17) is 15.2 Å². The minimum atomic E-state index is -1.08. The fourth-order valence-corrected chi connectivity index (χ4v) is 4.10. The van der Waals surface area contributed by atoms with Crippen molar-refractivity contribution in [1.29, 1.82) is 0 Å². The molecule has 2 aliphatic rings. The molecule has 2 aliphatic heterocycles. The first-order chi connectivity index (χ1) is 16.3. The summed E-state index contributed by atoms with van der Waals surface area (Å²) in [4.78, 5) is 24.8. The lowest BCUT2D eigenvalue weighted by atomic mass is 10.0. The molecule has 0 radical (unpaired) electrons. The maximum Gasteiger partial charge on any atom is 0.275 e. The van der Waals surface area contributed by atoms with Crippen molar-refractivity contribution in [1.82, 2.24) is 9.97 Å². The molecule has 3 atom stereocenters. The zero-order valence-corrected chi connectivity index (χ0v) is 19.9. The fraction of sp³-hybridized carbons (Fsp3) is 0.455. The van der Waals surface area contributed by atoms with E-state index in [1.54, 1.807) is 14.2 Å². The Morgan fingerprint density at radius 3 is 2.62 bits per heavy atom. The summed E-state index contributed by atoms with van der Waals surface area (Å²) in [7, 11) is 3.25. The molecule has 0 spiro atoms. The quantitative estimate of drug-likeness (QED) is 0.626. The second kappa shape index (κ2) is 12.0. The number of benzene rings is 1. The van der Waals surface area contributed by atoms with Crippen molar-refractivity contribution >= 4 is 28.5 Å². The van der Waals surface area contributed by atoms with Crippen molar-refractivity contribution in [2.75, 3.05) is 32.8 Å². The molecular weight excluding hydrogens is 468 g/mol. The lowest BCUT2D eigenvalue weighted by molar-refractivity contribution is -0.0727. The molecule has 1 aromatic heterocycles. The largest absolute Gasteiger partial charge is 0.474 e. The predicted octanol–water partition coefficient (Wildman–Crippen LogP) is 3.32. The Balaban J connectivity index is 0.00000103. The Labute approximate surface area is 200 Å². The SMILES string of the molecule is CC1CC(c2cc(NC(=O)c3cnc(OCC4CCO4)cn3)cc(F)c2F)N=C(N)S1.COC. The number of aliphatic imine (C=N–C) groups is 1. The number of ether oxygens (including phenoxy) is 3. The number of methoxy groups -OCH3 is 1. The van der Waals surface area contributed by atoms with Gasteiger partial charge in [0.05, 0.1) is 24.5 Å². The molecule has 9 nitrogen and oxygen atoms in total. The van der Waals surface area contributed by atoms with Gasteiger partial charge < -0.3 is 25.3 Å². The first-order valence-corrected chi connectivity index (χ1v) is 11.5. The summed E-state index contributed by atoms with van der Waals surface area (Å²) < 4.78 is 43.6. The van der Waals surface area contributed by atoms with E-state index >= 15 is 0 Å². The standard InChI is InChI=1S/C20H21F2N5O3S.C2H6O/c1-10-4-15(27-20(23)31-10)13-5-11(6-14(21)18(13)22)26-19(28)16-7-25-17(8-24-16)30-9-12-2-3-29-12;1-3-2/h5-8,10,12,15H,2-4,9H2,1H3,(H2,23,27)(H,26,28);1-2H3. The third kappa shape index (κ3) is 6.84. The number of carbonyl (C=O) groups is 1. The highest BCUT2D eigenvalue weighted by Gasteiger charge is 2.26. The number of aromatic nitrogens is 2. The number of nitrogens with two attached hydrogens (primary N) is 1. The highest BCUT2D eigenvalue weighted by Crippen LogP contribution is 2.36. The number of carbonyl (C=O) groups excluding carboxylic acids is 1. The van der Waals surface area contributed by atoms with Gasteiger partial charge in [0, 0.05) is 49.8 Å². The van der Waals surface area contributed by atoms with E-state index in [2.05, 4.69) is 25.0 Å². The smallest absolute Gasteiger partial charge is 0.275 e. The summed E-state index contributed by atoms with van der Waals surface area (Å²) in [6.45, 7) is 3.02. The lowest BCUT2D eigenvalue weighted by Gasteiger charge is -2.25. The van der Waals surface area contributed by atoms with Crippen LogP contribution in [-0.4, -0.2) is 59.8 Å². The number of anilines is 1. The van der Waals surface area contributed by atoms with Gasteiger partial charge in [-0.05, 0) is 12.5 Å². The van der Waals surface area contributed by atoms with Gasteiger partial charge in [-0.1, -0.05) is 18.7 Å². The molecule has 0 saturated carbocycles. The highest BCUT2D eigenvalue weighted by atomic mass is 32.2. The minimum Gasteiger partial charge on any atom is -0.474 e. The van der Waals surface area contributed by atoms with Crippen LogP contribution in [0.5, 0.6) is 5.88 Å². The average Bonchev–Trinajstić information content (AvgIpc) is 2.75. The molecule has 184 valence electrons. The second-order valence-corrected chi connectivity index (χ2v) is 9.16. The van der Waals surface area contributed by atoms with Crippen LogP contribution in [0.3, 0.4) is 0 Å². The van der Waals surface area contributed by atoms with Crippen molar-refractivity contribution in [3.63, 3.8) is 0 Å². The van der Waals surface area contributed by atoms with E-state index in [9.17, 15) is 13.6 Å². The number of amides is 1. The Kier molecular flexibility index (Phi) is 9.13. The van der Waals surface area contributed by atoms with Crippen molar-refractivity contribution in [3.05, 3.63) is 47.4 Å². The maximum atomic E-state index is 14.4. The number of nitrogens with zero attached hydrogens (tertiary/aromatic N) is 3. The van der Waals surface area contributed by atoms with Crippen LogP contribution in [0.2, 0.25) is 0 Å². The summed E-state index contributed by atoms with van der Waals surface area (Å²) >= 11 is 1.38. The highest BCUT2D eigenvalue weighted by molar-refractivity contribution is 8.14. The average molecular weight is 496 g/mol. The Bertz CT molecular complexity index is 1020. The van der Waals surface area contributed by atoms with Crippen LogP contribution < -0.4 is 15.8 Å². The first-order valence-electron chi connectivity index (χ1n) is 10.6. The Morgan fingerprint density at radius 1 is 1.29 bits per heavy atom. The van der Waals surface area contributed by atoms with E-state index in [1.807, 2.05) is 6.92 Å². The molecule has 34 heavy (non-hydrogen) atoms. The molecule has 1 fully saturated rings. The number of rotatable bonds is 6. The van der Waals surface area contributed by atoms with E-state index < -0.39 is 23.6 Å². The molecule has 12 heteroatoms. The van der Waals surface area contributed by atoms with Crippen molar-refractivity contribution in [2.45, 2.75) is 37.2 Å². The topological polar surface area (TPSA) is 121 Å². The van der Waals surface area contributed by atoms with Crippen LogP contribution in [0, 0.1) is 11.6 Å². The number of amidine groups is 1. The molecule has 1 aromatic carbocycles. The summed E-state index contributed by atoms with van der Waals surface area (Å²) in [5.74, 6) is -2.44. The van der Waals surface area contributed by atoms with Gasteiger partial charge >= 0.3 is 0 Å². The number of thioether (sulfide) groups is 1. The minimum absolute atomic E-state index is 0.00322. The van der Waals surface area contributed by atoms with Crippen molar-refractivity contribution in [3.8, 4) is 5.88 Å². The van der Waals surface area contributed by atoms with E-state index in [1.165, 1.54) is 30.2 Å². The molecule has 2 aromatic rings. The Morgan fingerprint density at radius 2 is 2.03 bits per heavy atom. The molecule has 0 aliphatic carbocycles. The Hall–Kier alpha value is -2.83. The van der Waals surface area contributed by atoms with Crippen LogP contribution in [0.25, 0.3) is 0 Å². The third-order valence-corrected chi connectivity index (χ3v) is 5.85. The molecule has 1 saturated heterocycles. The molecule has 3 heterocycles. The predicted molar refractivity (Wildman–Crippen MR) is 125 cm³/mol. The van der Waals surface area contributed by atoms with Gasteiger partial charge in [0.15, 0.2) is 16.8 Å². The molecule has 3 unspecified atom stereocenters. The zero-order valence-electron chi connectivity index (χ0n) is 19.1. The van der Waals surface area contributed by atoms with E-state index in [0.717, 1.165) is 19.1 Å². The molecule has 4 rings (SSSR count). The number of hydrogen-bond donors (Lipinski definition) is 2. The second-order valence-electron chi connectivity index (χ2n) is 7.70. The van der Waals surface area contributed by atoms with Gasteiger partial charge in [-0.25, -0.2) is 18.7 Å². The maximum absolute atomic E-state index is 14.4. The first kappa shape index (κ1) is 25.8. The summed E-state index contributed by atoms with van der Waals surface area (Å²) in [6, 6.07) is 1.65. The lowest BCUT2D eigenvalue weighted by Crippen LogP contribution is -2.32. The van der Waals surface area contributed by atoms with Crippen LogP contribution >= 0.6 is 11.8 Å². The number of halogens is 2. The summed E-state index contributed by atoms with van der Waals surface area (Å²) in [5, 5.41) is 2.95. The van der Waals surface area contributed by atoms with Crippen molar-refractivity contribution < 1.29 is 27.8 Å². The van der Waals surface area contributed by atoms with Gasteiger partial charge in [-0.3, -0.25) is 9.79 Å². The van der Waals surface area contributed by atoms with Crippen LogP contribution in [0.4, 0.5) is 14.5 Å². The van der Waals surface area contributed by atoms with Crippen molar-refractivity contribution in [2.24, 2.45) is 10.7 Å². The van der Waals surface area contributed by atoms with Gasteiger partial charge in [-0.15, -0.1) is 0 Å². The van der Waals surface area contributed by atoms with E-state index in [0.29, 0.717) is 18.2 Å². The van der Waals surface area contributed by atoms with Crippen LogP contribution in [0.15, 0.2) is 29.5 Å². The number of nitrogens with one attached hydrogen (secondary N) is 1. The molecule has 1 amide bonds. The van der Waals surface area contributed by atoms with E-state index in [-0.39, 0.29) is 34.2 Å². The molecular formula is C22H27F2N5O4S. The molecule has 3 N–H and O–H groups in total. The molecule has 0 bridgehead atoms. The summed E-state index contributed by atoms with van der Waals surface area (Å²) in [5.41, 5.74) is 5.92. The number of hydrogen-bond acceptors (Lipinski definition) is 9. The normalized spacial score (nSPS) is 21.4. The van der Waals surface area contributed by atoms with Gasteiger partial charge in [-0.2, -0.15) is 0 Å². The fourth-order valence-electron chi connectivity index (χ4n) is 3.22. The third-order valence-electron chi connectivity index (χ3n) is 4.90. The monoisotopic (exact) mass is 495 g/mol. The van der Waals surface area contributed by atoms with Gasteiger partial charge in [0.25, 0.3) is 5.91 Å². The summed E-state index contributed by atoms with van der Waals surface area (Å²) in [6.07, 6.45) is 4.05. The van der Waals surface area contributed by atoms with Crippen LogP contribution in [0.1, 0.15) is 41.9 Å². The van der Waals surface area contributed by atoms with Crippen LogP contribution in [-0.2, 0) is 9.47 Å².